The van der Waals surface area contributed by atoms with E-state index in [-0.39, 0.29) is 30.5 Å². The van der Waals surface area contributed by atoms with Gasteiger partial charge in [-0.25, -0.2) is 4.79 Å². The Morgan fingerprint density at radius 1 is 1.19 bits per heavy atom. The molecule has 1 saturated carbocycles. The van der Waals surface area contributed by atoms with Crippen LogP contribution in [0.1, 0.15) is 46.5 Å². The van der Waals surface area contributed by atoms with Crippen molar-refractivity contribution in [3.05, 3.63) is 0 Å². The SMILES string of the molecule is CC(C)(C)NC(=O)CCNC(=O)NC1CCCC1C(=O)O. The summed E-state index contributed by atoms with van der Waals surface area (Å²) in [4.78, 5) is 34.3. The Balaban J connectivity index is 2.25. The molecule has 4 N–H and O–H groups in total. The zero-order valence-electron chi connectivity index (χ0n) is 12.9. The number of urea groups is 1. The minimum atomic E-state index is -0.873. The first-order chi connectivity index (χ1) is 9.69. The molecule has 2 atom stereocenters. The van der Waals surface area contributed by atoms with Crippen molar-refractivity contribution in [1.29, 1.82) is 0 Å². The number of carboxylic acids is 1. The van der Waals surface area contributed by atoms with Gasteiger partial charge in [0.05, 0.1) is 5.92 Å². The highest BCUT2D eigenvalue weighted by Gasteiger charge is 2.33. The van der Waals surface area contributed by atoms with Crippen LogP contribution >= 0.6 is 0 Å². The molecule has 1 rings (SSSR count). The first-order valence-corrected chi connectivity index (χ1v) is 7.27. The number of nitrogens with one attached hydrogen (secondary N) is 3. The molecule has 7 nitrogen and oxygen atoms in total. The highest BCUT2D eigenvalue weighted by molar-refractivity contribution is 5.79. The van der Waals surface area contributed by atoms with E-state index in [4.69, 9.17) is 5.11 Å². The van der Waals surface area contributed by atoms with Crippen LogP contribution in [0.25, 0.3) is 0 Å². The predicted octanol–water partition coefficient (Wildman–Crippen LogP) is 0.844. The number of amides is 3. The number of hydrogen-bond acceptors (Lipinski definition) is 3. The fourth-order valence-electron chi connectivity index (χ4n) is 2.42. The number of carbonyl (C=O) groups excluding carboxylic acids is 2. The average Bonchev–Trinajstić information content (AvgIpc) is 2.74. The zero-order chi connectivity index (χ0) is 16.0. The van der Waals surface area contributed by atoms with E-state index in [9.17, 15) is 14.4 Å². The van der Waals surface area contributed by atoms with Gasteiger partial charge in [-0.2, -0.15) is 0 Å². The van der Waals surface area contributed by atoms with E-state index in [0.29, 0.717) is 12.8 Å². The van der Waals surface area contributed by atoms with Crippen molar-refractivity contribution in [1.82, 2.24) is 16.0 Å². The second kappa shape index (κ2) is 7.28. The van der Waals surface area contributed by atoms with Crippen molar-refractivity contribution in [2.24, 2.45) is 5.92 Å². The molecule has 120 valence electrons. The van der Waals surface area contributed by atoms with E-state index < -0.39 is 17.9 Å². The van der Waals surface area contributed by atoms with Crippen LogP contribution < -0.4 is 16.0 Å². The highest BCUT2D eigenvalue weighted by atomic mass is 16.4. The van der Waals surface area contributed by atoms with E-state index in [1.54, 1.807) is 0 Å². The Kier molecular flexibility index (Phi) is 5.99. The number of hydrogen-bond donors (Lipinski definition) is 4. The Labute approximate surface area is 124 Å². The molecular formula is C14H25N3O4. The Bertz CT molecular complexity index is 404. The quantitative estimate of drug-likeness (QED) is 0.603. The minimum Gasteiger partial charge on any atom is -0.481 e. The standard InChI is InChI=1S/C14H25N3O4/c1-14(2,3)17-11(18)7-8-15-13(21)16-10-6-4-5-9(10)12(19)20/h9-10H,4-8H2,1-3H3,(H,17,18)(H,19,20)(H2,15,16,21). The summed E-state index contributed by atoms with van der Waals surface area (Å²) in [6, 6.07) is -0.748. The summed E-state index contributed by atoms with van der Waals surface area (Å²) in [7, 11) is 0. The van der Waals surface area contributed by atoms with E-state index in [1.807, 2.05) is 20.8 Å². The molecule has 0 heterocycles. The Morgan fingerprint density at radius 2 is 1.86 bits per heavy atom. The van der Waals surface area contributed by atoms with Crippen LogP contribution in [0.15, 0.2) is 0 Å². The summed E-state index contributed by atoms with van der Waals surface area (Å²) in [5.74, 6) is -1.52. The van der Waals surface area contributed by atoms with Crippen molar-refractivity contribution in [3.8, 4) is 0 Å². The molecule has 1 aliphatic carbocycles. The van der Waals surface area contributed by atoms with Gasteiger partial charge in [-0.1, -0.05) is 6.42 Å². The minimum absolute atomic E-state index is 0.132. The maximum absolute atomic E-state index is 11.7. The molecule has 1 fully saturated rings. The molecular weight excluding hydrogens is 274 g/mol. The van der Waals surface area contributed by atoms with E-state index in [2.05, 4.69) is 16.0 Å². The van der Waals surface area contributed by atoms with Gasteiger partial charge in [-0.05, 0) is 33.6 Å². The van der Waals surface area contributed by atoms with Crippen molar-refractivity contribution in [2.45, 2.75) is 58.0 Å². The lowest BCUT2D eigenvalue weighted by molar-refractivity contribution is -0.142. The van der Waals surface area contributed by atoms with Gasteiger partial charge < -0.3 is 21.1 Å². The zero-order valence-corrected chi connectivity index (χ0v) is 12.9. The molecule has 0 saturated heterocycles. The van der Waals surface area contributed by atoms with Gasteiger partial charge in [0.15, 0.2) is 0 Å². The molecule has 0 bridgehead atoms. The Morgan fingerprint density at radius 3 is 2.43 bits per heavy atom. The second-order valence-electron chi connectivity index (χ2n) is 6.43. The van der Waals surface area contributed by atoms with Crippen molar-refractivity contribution in [2.75, 3.05) is 6.54 Å². The summed E-state index contributed by atoms with van der Waals surface area (Å²) >= 11 is 0. The second-order valence-corrected chi connectivity index (χ2v) is 6.43. The summed E-state index contributed by atoms with van der Waals surface area (Å²) in [5, 5.41) is 17.1. The summed E-state index contributed by atoms with van der Waals surface area (Å²) < 4.78 is 0. The molecule has 0 radical (unpaired) electrons. The lowest BCUT2D eigenvalue weighted by Crippen LogP contribution is -2.46. The number of carboxylic acid groups (broad SMARTS) is 1. The van der Waals surface area contributed by atoms with Crippen molar-refractivity contribution >= 4 is 17.9 Å². The van der Waals surface area contributed by atoms with E-state index in [0.717, 1.165) is 6.42 Å². The number of carbonyl (C=O) groups is 3. The monoisotopic (exact) mass is 299 g/mol. The number of aliphatic carboxylic acids is 1. The molecule has 0 aromatic heterocycles. The molecule has 0 aliphatic heterocycles. The third-order valence-corrected chi connectivity index (χ3v) is 3.30. The highest BCUT2D eigenvalue weighted by Crippen LogP contribution is 2.25. The van der Waals surface area contributed by atoms with Gasteiger partial charge in [-0.3, -0.25) is 9.59 Å². The predicted molar refractivity (Wildman–Crippen MR) is 77.8 cm³/mol. The fraction of sp³-hybridized carbons (Fsp3) is 0.786. The van der Waals surface area contributed by atoms with E-state index >= 15 is 0 Å². The van der Waals surface area contributed by atoms with Crippen LogP contribution in [0.2, 0.25) is 0 Å². The van der Waals surface area contributed by atoms with Gasteiger partial charge in [0.2, 0.25) is 5.91 Å². The summed E-state index contributed by atoms with van der Waals surface area (Å²) in [6.07, 6.45) is 2.26. The van der Waals surface area contributed by atoms with Crippen LogP contribution in [0.5, 0.6) is 0 Å². The summed E-state index contributed by atoms with van der Waals surface area (Å²) in [5.41, 5.74) is -0.294. The normalized spacial score (nSPS) is 21.7. The van der Waals surface area contributed by atoms with Gasteiger partial charge in [-0.15, -0.1) is 0 Å². The first kappa shape index (κ1) is 17.3. The first-order valence-electron chi connectivity index (χ1n) is 7.27. The van der Waals surface area contributed by atoms with Gasteiger partial charge >= 0.3 is 12.0 Å². The molecule has 1 aliphatic rings. The van der Waals surface area contributed by atoms with Crippen LogP contribution in [0, 0.1) is 5.92 Å². The fourth-order valence-corrected chi connectivity index (χ4v) is 2.42. The largest absolute Gasteiger partial charge is 0.481 e. The maximum atomic E-state index is 11.7. The lowest BCUT2D eigenvalue weighted by atomic mass is 10.0. The Hall–Kier alpha value is -1.79. The third kappa shape index (κ3) is 6.46. The maximum Gasteiger partial charge on any atom is 0.315 e. The van der Waals surface area contributed by atoms with Gasteiger partial charge in [0.25, 0.3) is 0 Å². The van der Waals surface area contributed by atoms with Crippen LogP contribution in [0.3, 0.4) is 0 Å². The molecule has 0 aromatic rings. The summed E-state index contributed by atoms with van der Waals surface area (Å²) in [6.45, 7) is 5.88. The van der Waals surface area contributed by atoms with Crippen LogP contribution in [-0.4, -0.2) is 41.1 Å². The molecule has 0 spiro atoms. The topological polar surface area (TPSA) is 108 Å². The number of rotatable bonds is 5. The molecule has 21 heavy (non-hydrogen) atoms. The lowest BCUT2D eigenvalue weighted by Gasteiger charge is -2.21. The molecule has 2 unspecified atom stereocenters. The smallest absolute Gasteiger partial charge is 0.315 e. The molecule has 3 amide bonds. The van der Waals surface area contributed by atoms with Crippen molar-refractivity contribution in [3.63, 3.8) is 0 Å². The van der Waals surface area contributed by atoms with Crippen molar-refractivity contribution < 1.29 is 19.5 Å². The molecule has 0 aromatic carbocycles. The van der Waals surface area contributed by atoms with Crippen LogP contribution in [0.4, 0.5) is 4.79 Å². The molecule has 7 heteroatoms. The van der Waals surface area contributed by atoms with E-state index in [1.165, 1.54) is 0 Å². The third-order valence-electron chi connectivity index (χ3n) is 3.30. The average molecular weight is 299 g/mol. The van der Waals surface area contributed by atoms with Crippen LogP contribution in [-0.2, 0) is 9.59 Å². The van der Waals surface area contributed by atoms with Gasteiger partial charge in [0, 0.05) is 24.5 Å². The van der Waals surface area contributed by atoms with Gasteiger partial charge in [0.1, 0.15) is 0 Å².